The molecule has 9 heteroatoms. The molecule has 0 unspecified atom stereocenters. The Morgan fingerprint density at radius 3 is 2.17 bits per heavy atom. The fourth-order valence-corrected chi connectivity index (χ4v) is 2.37. The van der Waals surface area contributed by atoms with Crippen molar-refractivity contribution in [2.75, 3.05) is 11.9 Å². The number of anilines is 1. The molecule has 2 aromatic rings. The second-order valence-corrected chi connectivity index (χ2v) is 6.70. The standard InChI is InChI=1S/C15H13ClN2O5S/c16-11-3-1-10(2-4-11)15(20)23-9-14(19)18-12-5-7-13(8-6-12)24(17,21)22/h1-8H,9H2,(H,18,19)(H2,17,21,22). The lowest BCUT2D eigenvalue weighted by atomic mass is 10.2. The fraction of sp³-hybridized carbons (Fsp3) is 0.0667. The predicted molar refractivity (Wildman–Crippen MR) is 88.2 cm³/mol. The third kappa shape index (κ3) is 5.05. The second-order valence-electron chi connectivity index (χ2n) is 4.70. The number of amides is 1. The largest absolute Gasteiger partial charge is 0.452 e. The van der Waals surface area contributed by atoms with Gasteiger partial charge in [0.25, 0.3) is 5.91 Å². The molecule has 0 aliphatic heterocycles. The molecule has 0 aliphatic rings. The van der Waals surface area contributed by atoms with Gasteiger partial charge in [0.05, 0.1) is 10.5 Å². The molecular weight excluding hydrogens is 356 g/mol. The van der Waals surface area contributed by atoms with E-state index >= 15 is 0 Å². The van der Waals surface area contributed by atoms with Crippen LogP contribution in [0.25, 0.3) is 0 Å². The van der Waals surface area contributed by atoms with Crippen LogP contribution in [0.3, 0.4) is 0 Å². The van der Waals surface area contributed by atoms with Gasteiger partial charge in [-0.15, -0.1) is 0 Å². The highest BCUT2D eigenvalue weighted by Crippen LogP contribution is 2.13. The Labute approximate surface area is 143 Å². The van der Waals surface area contributed by atoms with Gasteiger partial charge in [0.2, 0.25) is 10.0 Å². The van der Waals surface area contributed by atoms with Gasteiger partial charge in [0.1, 0.15) is 0 Å². The molecule has 0 radical (unpaired) electrons. The molecule has 0 saturated heterocycles. The first kappa shape index (κ1) is 17.9. The zero-order valence-corrected chi connectivity index (χ0v) is 13.8. The van der Waals surface area contributed by atoms with Crippen LogP contribution in [0.15, 0.2) is 53.4 Å². The molecule has 0 aromatic heterocycles. The van der Waals surface area contributed by atoms with Crippen molar-refractivity contribution in [3.8, 4) is 0 Å². The Morgan fingerprint density at radius 2 is 1.62 bits per heavy atom. The van der Waals surface area contributed by atoms with Crippen molar-refractivity contribution >= 4 is 39.2 Å². The lowest BCUT2D eigenvalue weighted by molar-refractivity contribution is -0.119. The van der Waals surface area contributed by atoms with E-state index in [9.17, 15) is 18.0 Å². The van der Waals surface area contributed by atoms with Gasteiger partial charge in [0, 0.05) is 10.7 Å². The highest BCUT2D eigenvalue weighted by molar-refractivity contribution is 7.89. The van der Waals surface area contributed by atoms with Crippen molar-refractivity contribution in [2.24, 2.45) is 5.14 Å². The lowest BCUT2D eigenvalue weighted by Crippen LogP contribution is -2.21. The molecule has 0 aliphatic carbocycles. The van der Waals surface area contributed by atoms with E-state index in [4.69, 9.17) is 21.5 Å². The van der Waals surface area contributed by atoms with E-state index in [1.807, 2.05) is 0 Å². The van der Waals surface area contributed by atoms with Crippen molar-refractivity contribution in [3.63, 3.8) is 0 Å². The summed E-state index contributed by atoms with van der Waals surface area (Å²) in [5.41, 5.74) is 0.611. The third-order valence-corrected chi connectivity index (χ3v) is 4.06. The average Bonchev–Trinajstić information content (AvgIpc) is 2.53. The first-order valence-corrected chi connectivity index (χ1v) is 8.53. The molecule has 2 rings (SSSR count). The van der Waals surface area contributed by atoms with Crippen LogP contribution in [-0.4, -0.2) is 26.9 Å². The van der Waals surface area contributed by atoms with Crippen LogP contribution in [-0.2, 0) is 19.6 Å². The molecule has 0 fully saturated rings. The number of esters is 1. The smallest absolute Gasteiger partial charge is 0.338 e. The third-order valence-electron chi connectivity index (χ3n) is 2.88. The summed E-state index contributed by atoms with van der Waals surface area (Å²) in [5, 5.41) is 7.92. The number of carbonyl (C=O) groups is 2. The highest BCUT2D eigenvalue weighted by atomic mass is 35.5. The number of nitrogens with one attached hydrogen (secondary N) is 1. The minimum atomic E-state index is -3.79. The van der Waals surface area contributed by atoms with E-state index in [0.29, 0.717) is 10.7 Å². The van der Waals surface area contributed by atoms with E-state index in [-0.39, 0.29) is 10.5 Å². The predicted octanol–water partition coefficient (Wildman–Crippen LogP) is 1.78. The minimum absolute atomic E-state index is 0.0744. The summed E-state index contributed by atoms with van der Waals surface area (Å²) in [6, 6.07) is 11.3. The van der Waals surface area contributed by atoms with Crippen LogP contribution in [0, 0.1) is 0 Å². The normalized spacial score (nSPS) is 10.9. The van der Waals surface area contributed by atoms with Crippen LogP contribution in [0.2, 0.25) is 5.02 Å². The van der Waals surface area contributed by atoms with Gasteiger partial charge >= 0.3 is 5.97 Å². The number of sulfonamides is 1. The van der Waals surface area contributed by atoms with Gasteiger partial charge in [-0.25, -0.2) is 18.4 Å². The van der Waals surface area contributed by atoms with E-state index < -0.39 is 28.5 Å². The average molecular weight is 369 g/mol. The summed E-state index contributed by atoms with van der Waals surface area (Å²) in [6.45, 7) is -0.488. The summed E-state index contributed by atoms with van der Waals surface area (Å²) in [5.74, 6) is -1.23. The number of nitrogens with two attached hydrogens (primary N) is 1. The zero-order valence-electron chi connectivity index (χ0n) is 12.2. The molecule has 7 nitrogen and oxygen atoms in total. The number of hydrogen-bond acceptors (Lipinski definition) is 5. The molecule has 0 heterocycles. The van der Waals surface area contributed by atoms with Crippen LogP contribution in [0.5, 0.6) is 0 Å². The zero-order chi connectivity index (χ0) is 17.7. The Morgan fingerprint density at radius 1 is 1.04 bits per heavy atom. The number of hydrogen-bond donors (Lipinski definition) is 2. The minimum Gasteiger partial charge on any atom is -0.452 e. The Hall–Kier alpha value is -2.42. The molecule has 24 heavy (non-hydrogen) atoms. The Balaban J connectivity index is 1.89. The molecule has 0 atom stereocenters. The van der Waals surface area contributed by atoms with E-state index in [1.165, 1.54) is 48.5 Å². The van der Waals surface area contributed by atoms with Gasteiger partial charge in [-0.2, -0.15) is 0 Å². The molecular formula is C15H13ClN2O5S. The number of carbonyl (C=O) groups excluding carboxylic acids is 2. The number of halogens is 1. The summed E-state index contributed by atoms with van der Waals surface area (Å²) in [7, 11) is -3.79. The van der Waals surface area contributed by atoms with Gasteiger partial charge in [-0.1, -0.05) is 11.6 Å². The number of rotatable bonds is 5. The molecule has 0 spiro atoms. The molecule has 0 bridgehead atoms. The Bertz CT molecular complexity index is 848. The van der Waals surface area contributed by atoms with Gasteiger partial charge in [-0.3, -0.25) is 4.79 Å². The monoisotopic (exact) mass is 368 g/mol. The molecule has 126 valence electrons. The fourth-order valence-electron chi connectivity index (χ4n) is 1.73. The highest BCUT2D eigenvalue weighted by Gasteiger charge is 2.11. The summed E-state index contributed by atoms with van der Waals surface area (Å²) < 4.78 is 27.1. The maximum Gasteiger partial charge on any atom is 0.338 e. The van der Waals surface area contributed by atoms with Crippen molar-refractivity contribution in [1.29, 1.82) is 0 Å². The van der Waals surface area contributed by atoms with Crippen molar-refractivity contribution < 1.29 is 22.7 Å². The van der Waals surface area contributed by atoms with Crippen LogP contribution in [0.1, 0.15) is 10.4 Å². The quantitative estimate of drug-likeness (QED) is 0.780. The van der Waals surface area contributed by atoms with Crippen molar-refractivity contribution in [3.05, 3.63) is 59.1 Å². The van der Waals surface area contributed by atoms with Crippen LogP contribution >= 0.6 is 11.6 Å². The maximum absolute atomic E-state index is 11.7. The maximum atomic E-state index is 11.7. The number of ether oxygens (including phenoxy) is 1. The molecule has 2 aromatic carbocycles. The van der Waals surface area contributed by atoms with Gasteiger partial charge < -0.3 is 10.1 Å². The summed E-state index contributed by atoms with van der Waals surface area (Å²) >= 11 is 5.71. The topological polar surface area (TPSA) is 116 Å². The lowest BCUT2D eigenvalue weighted by Gasteiger charge is -2.07. The first-order valence-electron chi connectivity index (χ1n) is 6.61. The SMILES string of the molecule is NS(=O)(=O)c1ccc(NC(=O)COC(=O)c2ccc(Cl)cc2)cc1. The second kappa shape index (κ2) is 7.43. The van der Waals surface area contributed by atoms with Crippen LogP contribution in [0.4, 0.5) is 5.69 Å². The first-order chi connectivity index (χ1) is 11.3. The molecule has 0 saturated carbocycles. The number of primary sulfonamides is 1. The van der Waals surface area contributed by atoms with E-state index in [2.05, 4.69) is 5.32 Å². The van der Waals surface area contributed by atoms with Crippen LogP contribution < -0.4 is 10.5 Å². The molecule has 1 amide bonds. The molecule has 3 N–H and O–H groups in total. The van der Waals surface area contributed by atoms with E-state index in [1.54, 1.807) is 0 Å². The van der Waals surface area contributed by atoms with Crippen molar-refractivity contribution in [1.82, 2.24) is 0 Å². The summed E-state index contributed by atoms with van der Waals surface area (Å²) in [4.78, 5) is 23.4. The number of benzene rings is 2. The van der Waals surface area contributed by atoms with Crippen molar-refractivity contribution in [2.45, 2.75) is 4.90 Å². The van der Waals surface area contributed by atoms with Gasteiger partial charge in [0.15, 0.2) is 6.61 Å². The summed E-state index contributed by atoms with van der Waals surface area (Å²) in [6.07, 6.45) is 0. The Kier molecular flexibility index (Phi) is 5.55. The van der Waals surface area contributed by atoms with Gasteiger partial charge in [-0.05, 0) is 48.5 Å². The van der Waals surface area contributed by atoms with E-state index in [0.717, 1.165) is 0 Å².